The van der Waals surface area contributed by atoms with Gasteiger partial charge in [0.15, 0.2) is 0 Å². The lowest BCUT2D eigenvalue weighted by molar-refractivity contribution is -0.00796. The first kappa shape index (κ1) is 15.3. The van der Waals surface area contributed by atoms with Gasteiger partial charge in [-0.05, 0) is 44.0 Å². The van der Waals surface area contributed by atoms with E-state index in [1.807, 2.05) is 31.3 Å². The first-order valence-corrected chi connectivity index (χ1v) is 7.31. The van der Waals surface area contributed by atoms with Crippen molar-refractivity contribution in [3.63, 3.8) is 0 Å². The summed E-state index contributed by atoms with van der Waals surface area (Å²) in [7, 11) is 3.67. The fourth-order valence-electron chi connectivity index (χ4n) is 2.62. The molecule has 2 rings (SSSR count). The van der Waals surface area contributed by atoms with Crippen LogP contribution in [0.3, 0.4) is 0 Å². The van der Waals surface area contributed by atoms with Crippen molar-refractivity contribution in [2.75, 3.05) is 33.9 Å². The molecule has 1 saturated heterocycles. The molecule has 112 valence electrons. The molecule has 0 aromatic heterocycles. The normalized spacial score (nSPS) is 20.9. The van der Waals surface area contributed by atoms with Crippen molar-refractivity contribution >= 4 is 0 Å². The molecular formula is C16H25NO3. The van der Waals surface area contributed by atoms with Crippen molar-refractivity contribution < 1.29 is 14.6 Å². The standard InChI is InChI=1S/C16H25NO3/c1-17(11-15-7-3-4-9-20-15)12-16(18)13-6-5-8-14(10-13)19-2/h5-6,8,10,15-16,18H,3-4,7,9,11-12H2,1-2H3. The number of hydrogen-bond acceptors (Lipinski definition) is 4. The Hall–Kier alpha value is -1.10. The molecule has 1 aromatic carbocycles. The Morgan fingerprint density at radius 2 is 2.30 bits per heavy atom. The predicted octanol–water partition coefficient (Wildman–Crippen LogP) is 2.23. The summed E-state index contributed by atoms with van der Waals surface area (Å²) < 4.78 is 10.9. The number of likely N-dealkylation sites (N-methyl/N-ethyl adjacent to an activating group) is 1. The summed E-state index contributed by atoms with van der Waals surface area (Å²) in [5.74, 6) is 0.778. The number of hydrogen-bond donors (Lipinski definition) is 1. The van der Waals surface area contributed by atoms with E-state index in [-0.39, 0.29) is 0 Å². The third-order valence-corrected chi connectivity index (χ3v) is 3.75. The highest BCUT2D eigenvalue weighted by molar-refractivity contribution is 5.29. The van der Waals surface area contributed by atoms with E-state index in [9.17, 15) is 5.11 Å². The molecule has 1 N–H and O–H groups in total. The van der Waals surface area contributed by atoms with Crippen LogP contribution < -0.4 is 4.74 Å². The zero-order valence-electron chi connectivity index (χ0n) is 12.4. The Labute approximate surface area is 121 Å². The maximum absolute atomic E-state index is 10.3. The highest BCUT2D eigenvalue weighted by Crippen LogP contribution is 2.20. The number of rotatable bonds is 6. The van der Waals surface area contributed by atoms with E-state index in [0.717, 1.165) is 30.9 Å². The minimum atomic E-state index is -0.501. The lowest BCUT2D eigenvalue weighted by Gasteiger charge is -2.28. The van der Waals surface area contributed by atoms with E-state index in [2.05, 4.69) is 4.90 Å². The summed E-state index contributed by atoms with van der Waals surface area (Å²) in [4.78, 5) is 2.14. The minimum absolute atomic E-state index is 0.311. The van der Waals surface area contributed by atoms with Crippen LogP contribution in [0.2, 0.25) is 0 Å². The number of benzene rings is 1. The first-order chi connectivity index (χ1) is 9.69. The van der Waals surface area contributed by atoms with Crippen LogP contribution in [0.1, 0.15) is 30.9 Å². The van der Waals surface area contributed by atoms with Crippen LogP contribution in [0, 0.1) is 0 Å². The van der Waals surface area contributed by atoms with E-state index < -0.39 is 6.10 Å². The molecule has 0 aliphatic carbocycles. The Morgan fingerprint density at radius 1 is 1.45 bits per heavy atom. The van der Waals surface area contributed by atoms with Gasteiger partial charge in [-0.25, -0.2) is 0 Å². The molecule has 1 fully saturated rings. The van der Waals surface area contributed by atoms with Crippen LogP contribution in [-0.2, 0) is 4.74 Å². The fraction of sp³-hybridized carbons (Fsp3) is 0.625. The van der Waals surface area contributed by atoms with Crippen LogP contribution in [0.4, 0.5) is 0 Å². The highest BCUT2D eigenvalue weighted by Gasteiger charge is 2.18. The second-order valence-electron chi connectivity index (χ2n) is 5.50. The van der Waals surface area contributed by atoms with E-state index in [0.29, 0.717) is 12.6 Å². The molecule has 0 radical (unpaired) electrons. The van der Waals surface area contributed by atoms with Gasteiger partial charge in [0, 0.05) is 19.7 Å². The van der Waals surface area contributed by atoms with Crippen LogP contribution in [-0.4, -0.2) is 50.0 Å². The van der Waals surface area contributed by atoms with Gasteiger partial charge in [0.1, 0.15) is 5.75 Å². The van der Waals surface area contributed by atoms with Crippen molar-refractivity contribution in [3.05, 3.63) is 29.8 Å². The first-order valence-electron chi connectivity index (χ1n) is 7.31. The molecule has 1 aliphatic rings. The fourth-order valence-corrected chi connectivity index (χ4v) is 2.62. The molecule has 4 nitrogen and oxygen atoms in total. The third-order valence-electron chi connectivity index (χ3n) is 3.75. The van der Waals surface area contributed by atoms with Gasteiger partial charge >= 0.3 is 0 Å². The lowest BCUT2D eigenvalue weighted by Crippen LogP contribution is -2.35. The maximum atomic E-state index is 10.3. The van der Waals surface area contributed by atoms with Gasteiger partial charge < -0.3 is 19.5 Å². The number of methoxy groups -OCH3 is 1. The molecule has 20 heavy (non-hydrogen) atoms. The molecule has 1 heterocycles. The quantitative estimate of drug-likeness (QED) is 0.867. The van der Waals surface area contributed by atoms with Crippen molar-refractivity contribution in [2.24, 2.45) is 0 Å². The Bertz CT molecular complexity index is 404. The number of aliphatic hydroxyl groups is 1. The monoisotopic (exact) mass is 279 g/mol. The van der Waals surface area contributed by atoms with Gasteiger partial charge in [-0.15, -0.1) is 0 Å². The summed E-state index contributed by atoms with van der Waals surface area (Å²) in [6, 6.07) is 7.60. The lowest BCUT2D eigenvalue weighted by atomic mass is 10.1. The Kier molecular flexibility index (Phi) is 5.83. The Balaban J connectivity index is 1.84. The van der Waals surface area contributed by atoms with Gasteiger partial charge in [-0.3, -0.25) is 0 Å². The SMILES string of the molecule is COc1cccc(C(O)CN(C)CC2CCCCO2)c1. The summed E-state index contributed by atoms with van der Waals surface area (Å²) in [6.45, 7) is 2.35. The summed E-state index contributed by atoms with van der Waals surface area (Å²) in [6.07, 6.45) is 3.35. The van der Waals surface area contributed by atoms with Crippen LogP contribution in [0.15, 0.2) is 24.3 Å². The average molecular weight is 279 g/mol. The van der Waals surface area contributed by atoms with Crippen LogP contribution in [0.25, 0.3) is 0 Å². The van der Waals surface area contributed by atoms with Gasteiger partial charge in [-0.1, -0.05) is 12.1 Å². The second kappa shape index (κ2) is 7.62. The summed E-state index contributed by atoms with van der Waals surface area (Å²) in [5.41, 5.74) is 0.890. The molecule has 1 aromatic rings. The molecule has 0 saturated carbocycles. The third kappa shape index (κ3) is 4.47. The number of aliphatic hydroxyl groups excluding tert-OH is 1. The van der Waals surface area contributed by atoms with Crippen molar-refractivity contribution in [2.45, 2.75) is 31.5 Å². The van der Waals surface area contributed by atoms with Crippen LogP contribution >= 0.6 is 0 Å². The predicted molar refractivity (Wildman–Crippen MR) is 79.0 cm³/mol. The molecule has 0 amide bonds. The molecule has 2 atom stereocenters. The summed E-state index contributed by atoms with van der Waals surface area (Å²) in [5, 5.41) is 10.3. The van der Waals surface area contributed by atoms with Gasteiger partial charge in [0.05, 0.1) is 19.3 Å². The average Bonchev–Trinajstić information content (AvgIpc) is 2.48. The molecule has 4 heteroatoms. The van der Waals surface area contributed by atoms with Gasteiger partial charge in [0.25, 0.3) is 0 Å². The van der Waals surface area contributed by atoms with Crippen molar-refractivity contribution in [1.29, 1.82) is 0 Å². The molecule has 0 spiro atoms. The molecule has 0 bridgehead atoms. The largest absolute Gasteiger partial charge is 0.497 e. The van der Waals surface area contributed by atoms with Crippen molar-refractivity contribution in [1.82, 2.24) is 4.90 Å². The van der Waals surface area contributed by atoms with E-state index in [1.54, 1.807) is 7.11 Å². The summed E-state index contributed by atoms with van der Waals surface area (Å²) >= 11 is 0. The van der Waals surface area contributed by atoms with E-state index in [4.69, 9.17) is 9.47 Å². The highest BCUT2D eigenvalue weighted by atomic mass is 16.5. The number of nitrogens with zero attached hydrogens (tertiary/aromatic N) is 1. The van der Waals surface area contributed by atoms with Gasteiger partial charge in [-0.2, -0.15) is 0 Å². The zero-order chi connectivity index (χ0) is 14.4. The Morgan fingerprint density at radius 3 is 3.00 bits per heavy atom. The van der Waals surface area contributed by atoms with Gasteiger partial charge in [0.2, 0.25) is 0 Å². The van der Waals surface area contributed by atoms with Crippen LogP contribution in [0.5, 0.6) is 5.75 Å². The van der Waals surface area contributed by atoms with E-state index in [1.165, 1.54) is 12.8 Å². The van der Waals surface area contributed by atoms with E-state index >= 15 is 0 Å². The zero-order valence-corrected chi connectivity index (χ0v) is 12.4. The second-order valence-corrected chi connectivity index (χ2v) is 5.50. The molecule has 1 aliphatic heterocycles. The number of ether oxygens (including phenoxy) is 2. The maximum Gasteiger partial charge on any atom is 0.119 e. The molecule has 2 unspecified atom stereocenters. The van der Waals surface area contributed by atoms with Crippen molar-refractivity contribution in [3.8, 4) is 5.75 Å². The molecular weight excluding hydrogens is 254 g/mol. The minimum Gasteiger partial charge on any atom is -0.497 e. The topological polar surface area (TPSA) is 41.9 Å². The smallest absolute Gasteiger partial charge is 0.119 e.